The zero-order chi connectivity index (χ0) is 22.5. The van der Waals surface area contributed by atoms with Crippen molar-refractivity contribution in [3.05, 3.63) is 89.8 Å². The maximum atomic E-state index is 13.6. The molecule has 2 aromatic heterocycles. The molecule has 0 bridgehead atoms. The Morgan fingerprint density at radius 1 is 0.844 bits per heavy atom. The lowest BCUT2D eigenvalue weighted by atomic mass is 10.1. The quantitative estimate of drug-likeness (QED) is 0.432. The Balaban J connectivity index is 1.45. The van der Waals surface area contributed by atoms with Gasteiger partial charge >= 0.3 is 0 Å². The average molecular weight is 432 g/mol. The molecule has 0 saturated carbocycles. The molecule has 0 aliphatic carbocycles. The van der Waals surface area contributed by atoms with Crippen LogP contribution in [0.4, 0.5) is 14.7 Å². The molecule has 0 saturated heterocycles. The number of aromatic nitrogens is 3. The number of nitrogens with zero attached hydrogens (tertiary/aromatic N) is 3. The second kappa shape index (κ2) is 9.51. The van der Waals surface area contributed by atoms with E-state index < -0.39 is 11.6 Å². The molecule has 0 fully saturated rings. The van der Waals surface area contributed by atoms with Crippen LogP contribution < -0.4 is 10.5 Å². The van der Waals surface area contributed by atoms with Gasteiger partial charge in [-0.1, -0.05) is 13.0 Å². The summed E-state index contributed by atoms with van der Waals surface area (Å²) in [4.78, 5) is 12.8. The van der Waals surface area contributed by atoms with Gasteiger partial charge in [-0.3, -0.25) is 4.98 Å². The SMILES string of the molecule is CCc1ccc(CCOc2ccc(-c3cc(-c4ccc(F)c(F)c4)nc(N)n3)cc2)nc1. The first-order valence-corrected chi connectivity index (χ1v) is 10.3. The maximum Gasteiger partial charge on any atom is 0.221 e. The van der Waals surface area contributed by atoms with Crippen molar-refractivity contribution >= 4 is 5.95 Å². The van der Waals surface area contributed by atoms with Gasteiger partial charge in [-0.2, -0.15) is 0 Å². The monoisotopic (exact) mass is 432 g/mol. The number of aryl methyl sites for hydroxylation is 1. The first-order chi connectivity index (χ1) is 15.5. The third-order valence-corrected chi connectivity index (χ3v) is 5.03. The Hall–Kier alpha value is -3.87. The van der Waals surface area contributed by atoms with Crippen molar-refractivity contribution < 1.29 is 13.5 Å². The molecule has 4 rings (SSSR count). The molecule has 0 atom stereocenters. The van der Waals surface area contributed by atoms with E-state index in [0.29, 0.717) is 30.0 Å². The fourth-order valence-electron chi connectivity index (χ4n) is 3.22. The predicted molar refractivity (Wildman–Crippen MR) is 120 cm³/mol. The highest BCUT2D eigenvalue weighted by molar-refractivity contribution is 5.69. The van der Waals surface area contributed by atoms with Crippen molar-refractivity contribution in [3.8, 4) is 28.3 Å². The van der Waals surface area contributed by atoms with Gasteiger partial charge in [-0.15, -0.1) is 0 Å². The number of halogens is 2. The van der Waals surface area contributed by atoms with Gasteiger partial charge < -0.3 is 10.5 Å². The van der Waals surface area contributed by atoms with Crippen molar-refractivity contribution in [2.24, 2.45) is 0 Å². The molecule has 2 N–H and O–H groups in total. The lowest BCUT2D eigenvalue weighted by Crippen LogP contribution is -2.03. The van der Waals surface area contributed by atoms with E-state index in [1.54, 1.807) is 6.07 Å². The summed E-state index contributed by atoms with van der Waals surface area (Å²) in [6, 6.07) is 16.8. The lowest BCUT2D eigenvalue weighted by Gasteiger charge is -2.09. The van der Waals surface area contributed by atoms with Crippen LogP contribution in [0, 0.1) is 11.6 Å². The van der Waals surface area contributed by atoms with E-state index in [1.807, 2.05) is 36.5 Å². The Bertz CT molecular complexity index is 1210. The second-order valence-electron chi connectivity index (χ2n) is 7.26. The fourth-order valence-corrected chi connectivity index (χ4v) is 3.22. The maximum absolute atomic E-state index is 13.6. The Labute approximate surface area is 185 Å². The molecule has 4 aromatic rings. The largest absolute Gasteiger partial charge is 0.493 e. The van der Waals surface area contributed by atoms with Gasteiger partial charge in [0.2, 0.25) is 5.95 Å². The van der Waals surface area contributed by atoms with Gasteiger partial charge in [0.25, 0.3) is 0 Å². The van der Waals surface area contributed by atoms with Gasteiger partial charge in [0.05, 0.1) is 18.0 Å². The highest BCUT2D eigenvalue weighted by Crippen LogP contribution is 2.27. The zero-order valence-corrected chi connectivity index (χ0v) is 17.6. The summed E-state index contributed by atoms with van der Waals surface area (Å²) in [5, 5.41) is 0. The van der Waals surface area contributed by atoms with Crippen LogP contribution in [0.1, 0.15) is 18.2 Å². The number of pyridine rings is 1. The first kappa shape index (κ1) is 21.4. The van der Waals surface area contributed by atoms with E-state index >= 15 is 0 Å². The number of hydrogen-bond acceptors (Lipinski definition) is 5. The number of ether oxygens (including phenoxy) is 1. The van der Waals surface area contributed by atoms with Crippen molar-refractivity contribution in [2.45, 2.75) is 19.8 Å². The van der Waals surface area contributed by atoms with E-state index in [0.717, 1.165) is 35.6 Å². The van der Waals surface area contributed by atoms with Gasteiger partial charge in [0, 0.05) is 29.4 Å². The smallest absolute Gasteiger partial charge is 0.221 e. The predicted octanol–water partition coefficient (Wildman–Crippen LogP) is 5.25. The molecule has 0 radical (unpaired) electrons. The molecule has 7 heteroatoms. The molecule has 32 heavy (non-hydrogen) atoms. The van der Waals surface area contributed by atoms with Crippen LogP contribution in [0.15, 0.2) is 66.9 Å². The summed E-state index contributed by atoms with van der Waals surface area (Å²) < 4.78 is 32.7. The Morgan fingerprint density at radius 2 is 1.56 bits per heavy atom. The molecule has 2 heterocycles. The van der Waals surface area contributed by atoms with Crippen LogP contribution in [0.25, 0.3) is 22.5 Å². The number of rotatable bonds is 7. The normalized spacial score (nSPS) is 10.8. The summed E-state index contributed by atoms with van der Waals surface area (Å²) in [7, 11) is 0. The summed E-state index contributed by atoms with van der Waals surface area (Å²) >= 11 is 0. The van der Waals surface area contributed by atoms with Crippen LogP contribution in [0.2, 0.25) is 0 Å². The van der Waals surface area contributed by atoms with Crippen LogP contribution in [0.3, 0.4) is 0 Å². The molecule has 0 unspecified atom stereocenters. The molecular weight excluding hydrogens is 410 g/mol. The summed E-state index contributed by atoms with van der Waals surface area (Å²) in [6.07, 6.45) is 3.58. The minimum atomic E-state index is -0.945. The van der Waals surface area contributed by atoms with E-state index in [1.165, 1.54) is 11.6 Å². The van der Waals surface area contributed by atoms with Gasteiger partial charge in [-0.25, -0.2) is 18.7 Å². The minimum absolute atomic E-state index is 0.0455. The average Bonchev–Trinajstić information content (AvgIpc) is 2.81. The van der Waals surface area contributed by atoms with Crippen molar-refractivity contribution in [1.29, 1.82) is 0 Å². The van der Waals surface area contributed by atoms with Gasteiger partial charge in [0.1, 0.15) is 5.75 Å². The van der Waals surface area contributed by atoms with Crippen LogP contribution in [-0.4, -0.2) is 21.6 Å². The van der Waals surface area contributed by atoms with Gasteiger partial charge in [0.15, 0.2) is 11.6 Å². The number of nitrogen functional groups attached to an aromatic ring is 1. The second-order valence-corrected chi connectivity index (χ2v) is 7.26. The van der Waals surface area contributed by atoms with Crippen LogP contribution >= 0.6 is 0 Å². The molecular formula is C25H22F2N4O. The Kier molecular flexibility index (Phi) is 6.35. The standard InChI is InChI=1S/C25H22F2N4O/c1-2-16-3-7-19(29-15-16)11-12-32-20-8-4-17(5-9-20)23-14-24(31-25(28)30-23)18-6-10-21(26)22(27)13-18/h3-10,13-15H,2,11-12H2,1H3,(H2,28,30,31). The summed E-state index contributed by atoms with van der Waals surface area (Å²) in [5.41, 5.74) is 10.2. The molecule has 0 spiro atoms. The third-order valence-electron chi connectivity index (χ3n) is 5.03. The highest BCUT2D eigenvalue weighted by Gasteiger charge is 2.10. The third kappa shape index (κ3) is 5.06. The zero-order valence-electron chi connectivity index (χ0n) is 17.6. The molecule has 0 aliphatic rings. The number of benzene rings is 2. The van der Waals surface area contributed by atoms with E-state index in [4.69, 9.17) is 10.5 Å². The van der Waals surface area contributed by atoms with Crippen LogP contribution in [-0.2, 0) is 12.8 Å². The number of hydrogen-bond donors (Lipinski definition) is 1. The summed E-state index contributed by atoms with van der Waals surface area (Å²) in [6.45, 7) is 2.61. The highest BCUT2D eigenvalue weighted by atomic mass is 19.2. The topological polar surface area (TPSA) is 73.9 Å². The minimum Gasteiger partial charge on any atom is -0.493 e. The molecule has 0 amide bonds. The number of nitrogens with two attached hydrogens (primary N) is 1. The van der Waals surface area contributed by atoms with Crippen molar-refractivity contribution in [2.75, 3.05) is 12.3 Å². The van der Waals surface area contributed by atoms with E-state index in [9.17, 15) is 8.78 Å². The lowest BCUT2D eigenvalue weighted by molar-refractivity contribution is 0.320. The molecule has 5 nitrogen and oxygen atoms in total. The number of anilines is 1. The molecule has 0 aliphatic heterocycles. The van der Waals surface area contributed by atoms with Crippen LogP contribution in [0.5, 0.6) is 5.75 Å². The molecule has 162 valence electrons. The van der Waals surface area contributed by atoms with Gasteiger partial charge in [-0.05, 0) is 66.6 Å². The fraction of sp³-hybridized carbons (Fsp3) is 0.160. The van der Waals surface area contributed by atoms with Crippen molar-refractivity contribution in [3.63, 3.8) is 0 Å². The van der Waals surface area contributed by atoms with E-state index in [-0.39, 0.29) is 5.95 Å². The first-order valence-electron chi connectivity index (χ1n) is 10.3. The summed E-state index contributed by atoms with van der Waals surface area (Å²) in [5.74, 6) is -1.09. The molecule has 2 aromatic carbocycles. The Morgan fingerprint density at radius 3 is 2.22 bits per heavy atom. The van der Waals surface area contributed by atoms with Crippen molar-refractivity contribution in [1.82, 2.24) is 15.0 Å². The van der Waals surface area contributed by atoms with E-state index in [2.05, 4.69) is 27.9 Å².